The molecule has 4 aromatic rings. The van der Waals surface area contributed by atoms with Gasteiger partial charge in [0.2, 0.25) is 5.95 Å². The molecule has 11 nitrogen and oxygen atoms in total. The number of benzene rings is 1. The molecular formula is C29H35N7O4. The van der Waals surface area contributed by atoms with Gasteiger partial charge < -0.3 is 29.2 Å². The molecule has 5 rings (SSSR count). The number of nitrogens with zero attached hydrogens (tertiary/aromatic N) is 6. The SMILES string of the molecule is CCCc1nc(-c2cc(OC)cc(OC)c2)c(-c2ccnc(Nc3ccc(N4CCN(CCO)CC4)nc3)n2)o1. The van der Waals surface area contributed by atoms with Gasteiger partial charge in [0.15, 0.2) is 11.7 Å². The molecule has 0 amide bonds. The summed E-state index contributed by atoms with van der Waals surface area (Å²) in [6.07, 6.45) is 5.08. The van der Waals surface area contributed by atoms with E-state index in [4.69, 9.17) is 29.0 Å². The summed E-state index contributed by atoms with van der Waals surface area (Å²) in [6, 6.07) is 11.4. The predicted octanol–water partition coefficient (Wildman–Crippen LogP) is 4.02. The van der Waals surface area contributed by atoms with E-state index < -0.39 is 0 Å². The van der Waals surface area contributed by atoms with Gasteiger partial charge in [0, 0.05) is 57.0 Å². The number of pyridine rings is 1. The molecule has 0 saturated carbocycles. The number of rotatable bonds is 11. The van der Waals surface area contributed by atoms with Crippen LogP contribution < -0.4 is 19.7 Å². The Morgan fingerprint density at radius 1 is 0.975 bits per heavy atom. The van der Waals surface area contributed by atoms with E-state index in [0.717, 1.165) is 49.7 Å². The molecule has 210 valence electrons. The lowest BCUT2D eigenvalue weighted by Crippen LogP contribution is -2.47. The number of hydrogen-bond acceptors (Lipinski definition) is 11. The number of nitrogens with one attached hydrogen (secondary N) is 1. The van der Waals surface area contributed by atoms with Gasteiger partial charge in [0.05, 0.1) is 32.7 Å². The molecular weight excluding hydrogens is 510 g/mol. The minimum Gasteiger partial charge on any atom is -0.497 e. The van der Waals surface area contributed by atoms with Crippen molar-refractivity contribution in [3.05, 3.63) is 54.7 Å². The van der Waals surface area contributed by atoms with Crippen molar-refractivity contribution >= 4 is 17.5 Å². The Hall–Kier alpha value is -4.22. The minimum atomic E-state index is 0.190. The minimum absolute atomic E-state index is 0.190. The van der Waals surface area contributed by atoms with E-state index >= 15 is 0 Å². The van der Waals surface area contributed by atoms with Gasteiger partial charge in [-0.2, -0.15) is 0 Å². The van der Waals surface area contributed by atoms with Crippen molar-refractivity contribution in [1.82, 2.24) is 24.8 Å². The van der Waals surface area contributed by atoms with Crippen molar-refractivity contribution < 1.29 is 19.0 Å². The number of methoxy groups -OCH3 is 2. The normalized spacial score (nSPS) is 13.8. The summed E-state index contributed by atoms with van der Waals surface area (Å²) in [6.45, 7) is 6.57. The van der Waals surface area contributed by atoms with Gasteiger partial charge in [-0.15, -0.1) is 0 Å². The van der Waals surface area contributed by atoms with E-state index in [-0.39, 0.29) is 6.61 Å². The molecule has 40 heavy (non-hydrogen) atoms. The molecule has 0 atom stereocenters. The fourth-order valence-corrected chi connectivity index (χ4v) is 4.66. The summed E-state index contributed by atoms with van der Waals surface area (Å²) < 4.78 is 17.2. The second kappa shape index (κ2) is 12.8. The number of anilines is 3. The van der Waals surface area contributed by atoms with Gasteiger partial charge in [0.25, 0.3) is 0 Å². The molecule has 1 saturated heterocycles. The Bertz CT molecular complexity index is 1380. The van der Waals surface area contributed by atoms with Crippen LogP contribution >= 0.6 is 0 Å². The fourth-order valence-electron chi connectivity index (χ4n) is 4.66. The topological polar surface area (TPSA) is 122 Å². The Morgan fingerprint density at radius 2 is 1.75 bits per heavy atom. The van der Waals surface area contributed by atoms with Gasteiger partial charge in [-0.25, -0.2) is 19.9 Å². The van der Waals surface area contributed by atoms with Crippen LogP contribution in [0.3, 0.4) is 0 Å². The molecule has 4 heterocycles. The summed E-state index contributed by atoms with van der Waals surface area (Å²) in [5.74, 6) is 3.86. The number of aryl methyl sites for hydroxylation is 1. The first-order valence-corrected chi connectivity index (χ1v) is 13.5. The van der Waals surface area contributed by atoms with Crippen molar-refractivity contribution in [2.75, 3.05) is 63.8 Å². The van der Waals surface area contributed by atoms with Gasteiger partial charge in [-0.05, 0) is 36.8 Å². The molecule has 11 heteroatoms. The average molecular weight is 546 g/mol. The number of piperazine rings is 1. The molecule has 2 N–H and O–H groups in total. The molecule has 0 aliphatic carbocycles. The highest BCUT2D eigenvalue weighted by atomic mass is 16.5. The summed E-state index contributed by atoms with van der Waals surface area (Å²) in [5, 5.41) is 12.4. The molecule has 1 aliphatic heterocycles. The van der Waals surface area contributed by atoms with E-state index in [9.17, 15) is 0 Å². The first-order valence-electron chi connectivity index (χ1n) is 13.5. The Labute approximate surface area is 233 Å². The second-order valence-corrected chi connectivity index (χ2v) is 9.48. The van der Waals surface area contributed by atoms with E-state index in [2.05, 4.69) is 32.0 Å². The number of aliphatic hydroxyl groups is 1. The Kier molecular flexibility index (Phi) is 8.72. The van der Waals surface area contributed by atoms with Gasteiger partial charge in [-0.3, -0.25) is 4.90 Å². The van der Waals surface area contributed by atoms with Crippen LogP contribution in [0.1, 0.15) is 19.2 Å². The summed E-state index contributed by atoms with van der Waals surface area (Å²) in [5.41, 5.74) is 2.86. The number of β-amino-alcohol motifs (C(OH)–C–C–N with tert-alkyl or cyclic N) is 1. The van der Waals surface area contributed by atoms with Crippen molar-refractivity contribution in [2.24, 2.45) is 0 Å². The van der Waals surface area contributed by atoms with Crippen LogP contribution in [0.2, 0.25) is 0 Å². The number of hydrogen-bond donors (Lipinski definition) is 2. The maximum Gasteiger partial charge on any atom is 0.227 e. The first kappa shape index (κ1) is 27.4. The third-order valence-electron chi connectivity index (χ3n) is 6.76. The quantitative estimate of drug-likeness (QED) is 0.284. The van der Waals surface area contributed by atoms with Gasteiger partial charge in [0.1, 0.15) is 28.7 Å². The maximum absolute atomic E-state index is 9.16. The number of aromatic nitrogens is 4. The number of aliphatic hydroxyl groups excluding tert-OH is 1. The molecule has 1 aromatic carbocycles. The monoisotopic (exact) mass is 545 g/mol. The molecule has 0 unspecified atom stereocenters. The highest BCUT2D eigenvalue weighted by molar-refractivity contribution is 5.77. The van der Waals surface area contributed by atoms with Crippen LogP contribution in [0.15, 0.2) is 53.2 Å². The van der Waals surface area contributed by atoms with Crippen LogP contribution in [-0.4, -0.2) is 83.5 Å². The fraction of sp³-hybridized carbons (Fsp3) is 0.379. The van der Waals surface area contributed by atoms with Crippen molar-refractivity contribution in [3.8, 4) is 34.2 Å². The molecule has 1 aliphatic rings. The molecule has 0 bridgehead atoms. The van der Waals surface area contributed by atoms with Crippen LogP contribution in [0.4, 0.5) is 17.5 Å². The van der Waals surface area contributed by atoms with E-state index in [1.165, 1.54) is 0 Å². The Balaban J connectivity index is 1.37. The summed E-state index contributed by atoms with van der Waals surface area (Å²) >= 11 is 0. The average Bonchev–Trinajstić information content (AvgIpc) is 3.42. The highest BCUT2D eigenvalue weighted by Gasteiger charge is 2.21. The zero-order valence-corrected chi connectivity index (χ0v) is 23.1. The van der Waals surface area contributed by atoms with Gasteiger partial charge >= 0.3 is 0 Å². The molecule has 1 fully saturated rings. The zero-order valence-electron chi connectivity index (χ0n) is 23.1. The van der Waals surface area contributed by atoms with E-state index in [0.29, 0.717) is 53.5 Å². The molecule has 0 spiro atoms. The molecule has 0 radical (unpaired) electrons. The largest absolute Gasteiger partial charge is 0.497 e. The third kappa shape index (κ3) is 6.32. The lowest BCUT2D eigenvalue weighted by molar-refractivity contribution is 0.188. The van der Waals surface area contributed by atoms with Crippen LogP contribution in [0.25, 0.3) is 22.7 Å². The number of ether oxygens (including phenoxy) is 2. The van der Waals surface area contributed by atoms with Crippen LogP contribution in [0.5, 0.6) is 11.5 Å². The first-order chi connectivity index (χ1) is 19.6. The van der Waals surface area contributed by atoms with E-state index in [1.807, 2.05) is 30.3 Å². The lowest BCUT2D eigenvalue weighted by atomic mass is 10.1. The van der Waals surface area contributed by atoms with Crippen LogP contribution in [0, 0.1) is 0 Å². The molecule has 3 aromatic heterocycles. The number of oxazole rings is 1. The lowest BCUT2D eigenvalue weighted by Gasteiger charge is -2.35. The summed E-state index contributed by atoms with van der Waals surface area (Å²) in [4.78, 5) is 23.1. The maximum atomic E-state index is 9.16. The van der Waals surface area contributed by atoms with Gasteiger partial charge in [-0.1, -0.05) is 6.92 Å². The van der Waals surface area contributed by atoms with Crippen molar-refractivity contribution in [3.63, 3.8) is 0 Å². The van der Waals surface area contributed by atoms with Crippen molar-refractivity contribution in [2.45, 2.75) is 19.8 Å². The van der Waals surface area contributed by atoms with Crippen molar-refractivity contribution in [1.29, 1.82) is 0 Å². The smallest absolute Gasteiger partial charge is 0.227 e. The zero-order chi connectivity index (χ0) is 27.9. The second-order valence-electron chi connectivity index (χ2n) is 9.48. The van der Waals surface area contributed by atoms with E-state index in [1.54, 1.807) is 32.7 Å². The predicted molar refractivity (Wildman–Crippen MR) is 153 cm³/mol. The summed E-state index contributed by atoms with van der Waals surface area (Å²) in [7, 11) is 3.24. The van der Waals surface area contributed by atoms with Crippen LogP contribution in [-0.2, 0) is 6.42 Å². The Morgan fingerprint density at radius 3 is 2.40 bits per heavy atom. The standard InChI is InChI=1S/C29H35N7O4/c1-4-5-26-34-27(20-16-22(38-2)18-23(17-20)39-3)28(40-26)24-8-9-30-29(33-24)32-21-6-7-25(31-19-21)36-12-10-35(11-13-36)14-15-37/h6-9,16-19,37H,4-5,10-15H2,1-3H3,(H,30,32,33). The third-order valence-corrected chi connectivity index (χ3v) is 6.76. The highest BCUT2D eigenvalue weighted by Crippen LogP contribution is 2.36.